The molecule has 6 nitrogen and oxygen atoms in total. The number of halogens is 1. The van der Waals surface area contributed by atoms with Gasteiger partial charge in [0.05, 0.1) is 16.8 Å². The predicted octanol–water partition coefficient (Wildman–Crippen LogP) is 6.54. The smallest absolute Gasteiger partial charge is 0.323 e. The van der Waals surface area contributed by atoms with Crippen LogP contribution in [0.2, 0.25) is 5.02 Å². The van der Waals surface area contributed by atoms with Crippen LogP contribution in [0.5, 0.6) is 0 Å². The van der Waals surface area contributed by atoms with Crippen molar-refractivity contribution in [2.24, 2.45) is 0 Å². The highest BCUT2D eigenvalue weighted by atomic mass is 35.5. The van der Waals surface area contributed by atoms with Crippen molar-refractivity contribution in [2.75, 3.05) is 36.0 Å². The molecule has 2 amide bonds. The number of carbonyl (C=O) groups excluding carboxylic acids is 1. The van der Waals surface area contributed by atoms with Gasteiger partial charge >= 0.3 is 6.03 Å². The van der Waals surface area contributed by atoms with E-state index in [1.54, 1.807) is 41.8 Å². The molecule has 0 unspecified atom stereocenters. The largest absolute Gasteiger partial charge is 0.383 e. The predicted molar refractivity (Wildman–Crippen MR) is 148 cm³/mol. The molecule has 0 spiro atoms. The van der Waals surface area contributed by atoms with Crippen LogP contribution in [0.15, 0.2) is 60.1 Å². The number of aromatic nitrogens is 1. The number of hydrogen-bond acceptors (Lipinski definition) is 5. The number of anilines is 3. The molecule has 2 aromatic heterocycles. The maximum absolute atomic E-state index is 12.3. The average Bonchev–Trinajstić information content (AvgIpc) is 3.30. The lowest BCUT2D eigenvalue weighted by Gasteiger charge is -2.13. The number of carbonyl (C=O) groups is 1. The van der Waals surface area contributed by atoms with Gasteiger partial charge in [-0.15, -0.1) is 11.3 Å². The van der Waals surface area contributed by atoms with E-state index in [1.165, 1.54) is 0 Å². The maximum atomic E-state index is 12.3. The number of benzene rings is 2. The van der Waals surface area contributed by atoms with E-state index in [2.05, 4.69) is 51.6 Å². The van der Waals surface area contributed by atoms with Gasteiger partial charge in [-0.05, 0) is 54.4 Å². The van der Waals surface area contributed by atoms with Crippen LogP contribution in [0.1, 0.15) is 19.4 Å². The van der Waals surface area contributed by atoms with Gasteiger partial charge in [-0.2, -0.15) is 0 Å². The van der Waals surface area contributed by atoms with Gasteiger partial charge in [-0.3, -0.25) is 4.90 Å². The maximum Gasteiger partial charge on any atom is 0.323 e. The summed E-state index contributed by atoms with van der Waals surface area (Å²) in [6.07, 6.45) is 1.75. The molecule has 0 aliphatic heterocycles. The monoisotopic (exact) mass is 503 g/mol. The summed E-state index contributed by atoms with van der Waals surface area (Å²) in [6, 6.07) is 14.3. The fraction of sp³-hybridized carbons (Fsp3) is 0.185. The van der Waals surface area contributed by atoms with Gasteiger partial charge < -0.3 is 16.4 Å². The Morgan fingerprint density at radius 2 is 1.86 bits per heavy atom. The number of nitrogens with zero attached hydrogens (tertiary/aromatic N) is 2. The summed E-state index contributed by atoms with van der Waals surface area (Å²) in [6.45, 7) is 6.92. The van der Waals surface area contributed by atoms with Crippen molar-refractivity contribution in [1.29, 1.82) is 0 Å². The van der Waals surface area contributed by atoms with Crippen molar-refractivity contribution >= 4 is 56.2 Å². The minimum absolute atomic E-state index is 0.345. The molecule has 0 aliphatic rings. The van der Waals surface area contributed by atoms with E-state index in [9.17, 15) is 4.79 Å². The molecular formula is C27H26ClN5OS. The van der Waals surface area contributed by atoms with E-state index in [4.69, 9.17) is 17.3 Å². The lowest BCUT2D eigenvalue weighted by Crippen LogP contribution is -2.22. The molecule has 0 bridgehead atoms. The standard InChI is InChI=1S/C27H26ClN5OS/c1-3-33(4-2)14-6-7-19-16-30-26(29)24-23(17-35-25(19)24)18-10-12-21(13-11-18)31-27(34)32-22-9-5-8-20(28)15-22/h5,8-13,15-17H,3-4,14H2,1-2H3,(H2,29,30)(H2,31,32,34). The summed E-state index contributed by atoms with van der Waals surface area (Å²) in [5.74, 6) is 7.01. The normalized spacial score (nSPS) is 10.7. The molecule has 0 fully saturated rings. The van der Waals surface area contributed by atoms with Crippen LogP contribution in [0.3, 0.4) is 0 Å². The Bertz CT molecular complexity index is 1400. The zero-order valence-corrected chi connectivity index (χ0v) is 21.1. The Morgan fingerprint density at radius 1 is 1.11 bits per heavy atom. The summed E-state index contributed by atoms with van der Waals surface area (Å²) in [4.78, 5) is 19.0. The number of amides is 2. The first-order valence-corrected chi connectivity index (χ1v) is 12.5. The van der Waals surface area contributed by atoms with E-state index < -0.39 is 0 Å². The van der Waals surface area contributed by atoms with Gasteiger partial charge in [0, 0.05) is 33.5 Å². The zero-order valence-electron chi connectivity index (χ0n) is 19.6. The van der Waals surface area contributed by atoms with Crippen LogP contribution in [-0.2, 0) is 0 Å². The average molecular weight is 504 g/mol. The van der Waals surface area contributed by atoms with Crippen LogP contribution in [0, 0.1) is 11.8 Å². The fourth-order valence-corrected chi connectivity index (χ4v) is 4.90. The Morgan fingerprint density at radius 3 is 2.57 bits per heavy atom. The Labute approximate surface area is 214 Å². The highest BCUT2D eigenvalue weighted by molar-refractivity contribution is 7.18. The zero-order chi connectivity index (χ0) is 24.8. The number of nitrogens with one attached hydrogen (secondary N) is 2. The SMILES string of the molecule is CCN(CC)CC#Cc1cnc(N)c2c(-c3ccc(NC(=O)Nc4cccc(Cl)c4)cc3)csc12. The molecule has 2 heterocycles. The first-order chi connectivity index (χ1) is 17.0. The lowest BCUT2D eigenvalue weighted by molar-refractivity contribution is 0.262. The summed E-state index contributed by atoms with van der Waals surface area (Å²) < 4.78 is 1.03. The second-order valence-corrected chi connectivity index (χ2v) is 9.16. The number of thiophene rings is 1. The minimum atomic E-state index is -0.345. The molecule has 2 aromatic carbocycles. The summed E-state index contributed by atoms with van der Waals surface area (Å²) in [7, 11) is 0. The summed E-state index contributed by atoms with van der Waals surface area (Å²) in [5.41, 5.74) is 10.4. The van der Waals surface area contributed by atoms with Crippen molar-refractivity contribution in [3.63, 3.8) is 0 Å². The lowest BCUT2D eigenvalue weighted by atomic mass is 10.0. The quantitative estimate of drug-likeness (QED) is 0.261. The van der Waals surface area contributed by atoms with Gasteiger partial charge in [0.15, 0.2) is 0 Å². The van der Waals surface area contributed by atoms with Gasteiger partial charge in [0.1, 0.15) is 5.82 Å². The van der Waals surface area contributed by atoms with Crippen LogP contribution in [0.4, 0.5) is 22.0 Å². The number of hydrogen-bond donors (Lipinski definition) is 3. The molecule has 0 saturated heterocycles. The molecule has 0 saturated carbocycles. The van der Waals surface area contributed by atoms with Gasteiger partial charge in [0.25, 0.3) is 0 Å². The topological polar surface area (TPSA) is 83.3 Å². The number of nitrogens with two attached hydrogens (primary N) is 1. The fourth-order valence-electron chi connectivity index (χ4n) is 3.66. The van der Waals surface area contributed by atoms with E-state index >= 15 is 0 Å². The van der Waals surface area contributed by atoms with Gasteiger partial charge in [-0.1, -0.05) is 55.5 Å². The number of fused-ring (bicyclic) bond motifs is 1. The second kappa shape index (κ2) is 11.2. The van der Waals surface area contributed by atoms with Gasteiger partial charge in [-0.25, -0.2) is 9.78 Å². The van der Waals surface area contributed by atoms with Crippen molar-refractivity contribution in [2.45, 2.75) is 13.8 Å². The van der Waals surface area contributed by atoms with E-state index in [0.29, 0.717) is 22.2 Å². The molecule has 4 N–H and O–H groups in total. The minimum Gasteiger partial charge on any atom is -0.383 e. The number of pyridine rings is 1. The molecule has 35 heavy (non-hydrogen) atoms. The summed E-state index contributed by atoms with van der Waals surface area (Å²) in [5, 5.41) is 9.14. The van der Waals surface area contributed by atoms with Gasteiger partial charge in [0.2, 0.25) is 0 Å². The molecule has 178 valence electrons. The third kappa shape index (κ3) is 5.92. The van der Waals surface area contributed by atoms with E-state index in [0.717, 1.165) is 46.4 Å². The molecule has 4 rings (SSSR count). The van der Waals surface area contributed by atoms with Crippen molar-refractivity contribution in [1.82, 2.24) is 9.88 Å². The Hall–Kier alpha value is -3.57. The molecular weight excluding hydrogens is 478 g/mol. The van der Waals surface area contributed by atoms with Crippen molar-refractivity contribution in [3.8, 4) is 23.0 Å². The third-order valence-corrected chi connectivity index (χ3v) is 6.83. The first-order valence-electron chi connectivity index (χ1n) is 11.3. The Balaban J connectivity index is 1.52. The van der Waals surface area contributed by atoms with Crippen LogP contribution in [0.25, 0.3) is 21.2 Å². The highest BCUT2D eigenvalue weighted by Gasteiger charge is 2.14. The molecule has 8 heteroatoms. The first kappa shape index (κ1) is 24.6. The Kier molecular flexibility index (Phi) is 7.88. The van der Waals surface area contributed by atoms with E-state index in [-0.39, 0.29) is 6.03 Å². The van der Waals surface area contributed by atoms with Crippen LogP contribution in [-0.4, -0.2) is 35.5 Å². The number of nitrogen functional groups attached to an aromatic ring is 1. The van der Waals surface area contributed by atoms with Crippen LogP contribution >= 0.6 is 22.9 Å². The molecule has 0 aliphatic carbocycles. The summed E-state index contributed by atoms with van der Waals surface area (Å²) >= 11 is 7.58. The van der Waals surface area contributed by atoms with Crippen molar-refractivity contribution < 1.29 is 4.79 Å². The van der Waals surface area contributed by atoms with Crippen LogP contribution < -0.4 is 16.4 Å². The second-order valence-electron chi connectivity index (χ2n) is 7.84. The van der Waals surface area contributed by atoms with Crippen molar-refractivity contribution in [3.05, 3.63) is 70.7 Å². The highest BCUT2D eigenvalue weighted by Crippen LogP contribution is 2.38. The third-order valence-electron chi connectivity index (χ3n) is 5.58. The molecule has 0 radical (unpaired) electrons. The van der Waals surface area contributed by atoms with E-state index in [1.807, 2.05) is 24.3 Å². The molecule has 4 aromatic rings. The number of urea groups is 1. The number of rotatable bonds is 6. The molecule has 0 atom stereocenters.